The predicted octanol–water partition coefficient (Wildman–Crippen LogP) is 7.12. The van der Waals surface area contributed by atoms with Crippen molar-refractivity contribution in [3.8, 4) is 27.4 Å². The molecule has 6 heteroatoms. The first-order valence-electron chi connectivity index (χ1n) is 9.75. The van der Waals surface area contributed by atoms with Gasteiger partial charge in [0.25, 0.3) is 5.91 Å². The van der Waals surface area contributed by atoms with Crippen molar-refractivity contribution in [2.75, 3.05) is 12.4 Å². The minimum absolute atomic E-state index is 0.219. The molecule has 0 bridgehead atoms. The molecular weight excluding hydrogens is 472 g/mol. The molecule has 3 aromatic carbocycles. The summed E-state index contributed by atoms with van der Waals surface area (Å²) in [7, 11) is 1.59. The van der Waals surface area contributed by atoms with E-state index in [1.807, 2.05) is 18.2 Å². The van der Waals surface area contributed by atoms with Crippen LogP contribution in [0.3, 0.4) is 0 Å². The Bertz CT molecular complexity index is 1250. The summed E-state index contributed by atoms with van der Waals surface area (Å²) in [6, 6.07) is 21.7. The Hall–Kier alpha value is -2.96. The maximum absolute atomic E-state index is 12.9. The third-order valence-electron chi connectivity index (χ3n) is 5.08. The monoisotopic (exact) mass is 492 g/mol. The van der Waals surface area contributed by atoms with Crippen molar-refractivity contribution < 1.29 is 9.53 Å². The van der Waals surface area contributed by atoms with Crippen LogP contribution in [-0.4, -0.2) is 18.0 Å². The van der Waals surface area contributed by atoms with E-state index in [9.17, 15) is 4.79 Å². The molecule has 156 valence electrons. The average Bonchev–Trinajstić information content (AvgIpc) is 3.20. The van der Waals surface area contributed by atoms with E-state index in [1.165, 1.54) is 22.5 Å². The molecular formula is C25H21BrN2O2S. The summed E-state index contributed by atoms with van der Waals surface area (Å²) in [5.74, 6) is 0.456. The van der Waals surface area contributed by atoms with E-state index in [4.69, 9.17) is 9.72 Å². The Labute approximate surface area is 194 Å². The summed E-state index contributed by atoms with van der Waals surface area (Å²) in [6.45, 7) is 4.19. The molecule has 0 saturated heterocycles. The Morgan fingerprint density at radius 2 is 1.74 bits per heavy atom. The van der Waals surface area contributed by atoms with Crippen LogP contribution in [0.5, 0.6) is 5.75 Å². The highest BCUT2D eigenvalue weighted by Gasteiger charge is 2.18. The van der Waals surface area contributed by atoms with Crippen molar-refractivity contribution in [2.45, 2.75) is 13.8 Å². The number of benzene rings is 3. The van der Waals surface area contributed by atoms with Gasteiger partial charge in [0.1, 0.15) is 5.75 Å². The smallest absolute Gasteiger partial charge is 0.257 e. The molecule has 0 aliphatic rings. The highest BCUT2D eigenvalue weighted by molar-refractivity contribution is 9.10. The summed E-state index contributed by atoms with van der Waals surface area (Å²) in [5, 5.41) is 3.52. The van der Waals surface area contributed by atoms with E-state index in [0.717, 1.165) is 26.2 Å². The number of anilines is 1. The third-order valence-corrected chi connectivity index (χ3v) is 6.72. The van der Waals surface area contributed by atoms with Gasteiger partial charge in [-0.25, -0.2) is 4.98 Å². The molecule has 0 unspecified atom stereocenters. The average molecular weight is 493 g/mol. The van der Waals surface area contributed by atoms with Crippen LogP contribution in [-0.2, 0) is 0 Å². The van der Waals surface area contributed by atoms with Crippen LogP contribution in [0.25, 0.3) is 21.7 Å². The molecule has 4 aromatic rings. The van der Waals surface area contributed by atoms with Crippen LogP contribution in [0.4, 0.5) is 5.13 Å². The number of rotatable bonds is 5. The van der Waals surface area contributed by atoms with Gasteiger partial charge < -0.3 is 4.74 Å². The topological polar surface area (TPSA) is 51.2 Å². The lowest BCUT2D eigenvalue weighted by molar-refractivity contribution is 0.102. The van der Waals surface area contributed by atoms with Gasteiger partial charge in [-0.15, -0.1) is 0 Å². The minimum atomic E-state index is -0.219. The predicted molar refractivity (Wildman–Crippen MR) is 131 cm³/mol. The second-order valence-electron chi connectivity index (χ2n) is 7.17. The first-order valence-corrected chi connectivity index (χ1v) is 11.4. The number of thiazole rings is 1. The van der Waals surface area contributed by atoms with E-state index in [-0.39, 0.29) is 5.91 Å². The van der Waals surface area contributed by atoms with Crippen molar-refractivity contribution in [3.63, 3.8) is 0 Å². The molecule has 0 atom stereocenters. The number of hydrogen-bond acceptors (Lipinski definition) is 4. The maximum Gasteiger partial charge on any atom is 0.257 e. The van der Waals surface area contributed by atoms with Gasteiger partial charge in [0.05, 0.1) is 22.2 Å². The van der Waals surface area contributed by atoms with Crippen LogP contribution in [0.2, 0.25) is 0 Å². The van der Waals surface area contributed by atoms with Crippen LogP contribution < -0.4 is 10.1 Å². The van der Waals surface area contributed by atoms with E-state index in [2.05, 4.69) is 65.4 Å². The normalized spacial score (nSPS) is 10.7. The molecule has 1 amide bonds. The molecule has 0 saturated carbocycles. The van der Waals surface area contributed by atoms with Crippen LogP contribution in [0.15, 0.2) is 71.2 Å². The number of nitrogens with one attached hydrogen (secondary N) is 1. The van der Waals surface area contributed by atoms with Gasteiger partial charge in [-0.2, -0.15) is 0 Å². The number of halogens is 1. The number of nitrogens with zero attached hydrogens (tertiary/aromatic N) is 1. The Morgan fingerprint density at radius 3 is 2.42 bits per heavy atom. The fourth-order valence-corrected chi connectivity index (χ4v) is 4.75. The summed E-state index contributed by atoms with van der Waals surface area (Å²) in [4.78, 5) is 18.7. The second-order valence-corrected chi connectivity index (χ2v) is 9.02. The van der Waals surface area contributed by atoms with Crippen molar-refractivity contribution in [3.05, 3.63) is 87.9 Å². The fraction of sp³-hybridized carbons (Fsp3) is 0.120. The van der Waals surface area contributed by atoms with Gasteiger partial charge in [0, 0.05) is 11.1 Å². The number of ether oxygens (including phenoxy) is 1. The molecule has 1 heterocycles. The molecule has 0 aliphatic heterocycles. The van der Waals surface area contributed by atoms with Crippen LogP contribution in [0.1, 0.15) is 21.5 Å². The van der Waals surface area contributed by atoms with Gasteiger partial charge in [-0.05, 0) is 70.7 Å². The third kappa shape index (κ3) is 4.55. The molecule has 1 N–H and O–H groups in total. The lowest BCUT2D eigenvalue weighted by atomic mass is 10.0. The lowest BCUT2D eigenvalue weighted by Gasteiger charge is -2.06. The van der Waals surface area contributed by atoms with Crippen LogP contribution in [0, 0.1) is 13.8 Å². The lowest BCUT2D eigenvalue weighted by Crippen LogP contribution is -2.11. The van der Waals surface area contributed by atoms with E-state index >= 15 is 0 Å². The summed E-state index contributed by atoms with van der Waals surface area (Å²) < 4.78 is 5.97. The molecule has 4 nitrogen and oxygen atoms in total. The zero-order valence-electron chi connectivity index (χ0n) is 17.4. The summed E-state index contributed by atoms with van der Waals surface area (Å²) in [5.41, 5.74) is 5.94. The number of carbonyl (C=O) groups is 1. The SMILES string of the molecule is COc1ccc(C(=O)Nc2nc(-c3ccc(C)c(C)c3)c(-c3ccccc3)s2)cc1Br. The maximum atomic E-state index is 12.9. The Balaban J connectivity index is 1.72. The molecule has 31 heavy (non-hydrogen) atoms. The molecule has 0 aliphatic carbocycles. The van der Waals surface area contributed by atoms with E-state index < -0.39 is 0 Å². The van der Waals surface area contributed by atoms with E-state index in [1.54, 1.807) is 25.3 Å². The van der Waals surface area contributed by atoms with Crippen molar-refractivity contribution in [2.24, 2.45) is 0 Å². The highest BCUT2D eigenvalue weighted by Crippen LogP contribution is 2.39. The second kappa shape index (κ2) is 9.04. The zero-order valence-corrected chi connectivity index (χ0v) is 19.8. The molecule has 0 fully saturated rings. The number of amides is 1. The Morgan fingerprint density at radius 1 is 0.968 bits per heavy atom. The molecule has 1 aromatic heterocycles. The number of carbonyl (C=O) groups excluding carboxylic acids is 1. The minimum Gasteiger partial charge on any atom is -0.496 e. The van der Waals surface area contributed by atoms with Crippen molar-refractivity contribution in [1.29, 1.82) is 0 Å². The number of aromatic nitrogens is 1. The largest absolute Gasteiger partial charge is 0.496 e. The fourth-order valence-electron chi connectivity index (χ4n) is 3.22. The number of methoxy groups -OCH3 is 1. The molecule has 4 rings (SSSR count). The van der Waals surface area contributed by atoms with Gasteiger partial charge >= 0.3 is 0 Å². The van der Waals surface area contributed by atoms with Gasteiger partial charge in [0.15, 0.2) is 5.13 Å². The Kier molecular flexibility index (Phi) is 6.20. The number of aryl methyl sites for hydroxylation is 2. The zero-order chi connectivity index (χ0) is 22.0. The number of hydrogen-bond donors (Lipinski definition) is 1. The van der Waals surface area contributed by atoms with Crippen molar-refractivity contribution >= 4 is 38.3 Å². The van der Waals surface area contributed by atoms with Gasteiger partial charge in [0.2, 0.25) is 0 Å². The quantitative estimate of drug-likeness (QED) is 0.322. The van der Waals surface area contributed by atoms with E-state index in [0.29, 0.717) is 16.4 Å². The first kappa shape index (κ1) is 21.3. The highest BCUT2D eigenvalue weighted by atomic mass is 79.9. The van der Waals surface area contributed by atoms with Crippen LogP contribution >= 0.6 is 27.3 Å². The molecule has 0 spiro atoms. The summed E-state index contributed by atoms with van der Waals surface area (Å²) in [6.07, 6.45) is 0. The van der Waals surface area contributed by atoms with Gasteiger partial charge in [-0.3, -0.25) is 10.1 Å². The summed E-state index contributed by atoms with van der Waals surface area (Å²) >= 11 is 4.91. The molecule has 0 radical (unpaired) electrons. The standard InChI is InChI=1S/C25H21BrN2O2S/c1-15-9-10-18(13-16(15)2)22-23(17-7-5-4-6-8-17)31-25(27-22)28-24(29)19-11-12-21(30-3)20(26)14-19/h4-14H,1-3H3,(H,27,28,29). The van der Waals surface area contributed by atoms with Crippen molar-refractivity contribution in [1.82, 2.24) is 4.98 Å². The van der Waals surface area contributed by atoms with Gasteiger partial charge in [-0.1, -0.05) is 53.8 Å². The first-order chi connectivity index (χ1) is 15.0.